The van der Waals surface area contributed by atoms with Gasteiger partial charge < -0.3 is 15.7 Å². The molecule has 21 heavy (non-hydrogen) atoms. The van der Waals surface area contributed by atoms with E-state index in [0.29, 0.717) is 12.5 Å². The van der Waals surface area contributed by atoms with Crippen LogP contribution in [0.3, 0.4) is 0 Å². The molecule has 3 N–H and O–H groups in total. The van der Waals surface area contributed by atoms with Crippen molar-refractivity contribution >= 4 is 11.6 Å². The fourth-order valence-electron chi connectivity index (χ4n) is 2.89. The predicted molar refractivity (Wildman–Crippen MR) is 85.7 cm³/mol. The van der Waals surface area contributed by atoms with Crippen LogP contribution in [0.1, 0.15) is 48.5 Å². The van der Waals surface area contributed by atoms with Crippen molar-refractivity contribution in [2.45, 2.75) is 39.0 Å². The molecule has 0 radical (unpaired) electrons. The van der Waals surface area contributed by atoms with Gasteiger partial charge >= 0.3 is 0 Å². The molecule has 0 aromatic heterocycles. The van der Waals surface area contributed by atoms with Crippen LogP contribution in [0.4, 0.5) is 5.69 Å². The number of rotatable bonds is 7. The van der Waals surface area contributed by atoms with Gasteiger partial charge in [0.05, 0.1) is 0 Å². The average molecular weight is 290 g/mol. The second-order valence-corrected chi connectivity index (χ2v) is 5.78. The molecule has 1 amide bonds. The van der Waals surface area contributed by atoms with E-state index in [1.807, 2.05) is 18.2 Å². The summed E-state index contributed by atoms with van der Waals surface area (Å²) in [5.41, 5.74) is 3.12. The van der Waals surface area contributed by atoms with Gasteiger partial charge in [0.15, 0.2) is 0 Å². The molecule has 0 fully saturated rings. The van der Waals surface area contributed by atoms with E-state index in [1.165, 1.54) is 5.56 Å². The Morgan fingerprint density at radius 3 is 3.05 bits per heavy atom. The second kappa shape index (κ2) is 8.03. The molecule has 1 heterocycles. The standard InChI is InChI=1S/C17H26N2O2/c1-2-4-13(8-10-20)12-19-17(21)15-6-7-16-14(11-15)5-3-9-18-16/h6-7,11,13,18,20H,2-5,8-10,12H2,1H3,(H,19,21). The summed E-state index contributed by atoms with van der Waals surface area (Å²) in [7, 11) is 0. The maximum absolute atomic E-state index is 12.2. The SMILES string of the molecule is CCCC(CCO)CNC(=O)c1ccc2c(c1)CCCN2. The van der Waals surface area contributed by atoms with Crippen molar-refractivity contribution < 1.29 is 9.90 Å². The summed E-state index contributed by atoms with van der Waals surface area (Å²) in [5.74, 6) is 0.352. The van der Waals surface area contributed by atoms with Gasteiger partial charge in [0.2, 0.25) is 0 Å². The second-order valence-electron chi connectivity index (χ2n) is 5.78. The molecule has 116 valence electrons. The molecule has 0 bridgehead atoms. The Bertz CT molecular complexity index is 468. The first kappa shape index (κ1) is 15.8. The van der Waals surface area contributed by atoms with E-state index in [-0.39, 0.29) is 12.5 Å². The summed E-state index contributed by atoms with van der Waals surface area (Å²) < 4.78 is 0. The Kier molecular flexibility index (Phi) is 6.05. The lowest BCUT2D eigenvalue weighted by molar-refractivity contribution is 0.0943. The molecule has 4 nitrogen and oxygen atoms in total. The van der Waals surface area contributed by atoms with Crippen LogP contribution < -0.4 is 10.6 Å². The Labute approximate surface area is 126 Å². The first-order valence-corrected chi connectivity index (χ1v) is 8.00. The molecule has 1 unspecified atom stereocenters. The van der Waals surface area contributed by atoms with Crippen LogP contribution in [-0.4, -0.2) is 30.7 Å². The highest BCUT2D eigenvalue weighted by Gasteiger charge is 2.14. The molecule has 0 aliphatic carbocycles. The number of hydrogen-bond donors (Lipinski definition) is 3. The van der Waals surface area contributed by atoms with Crippen LogP contribution in [0.15, 0.2) is 18.2 Å². The van der Waals surface area contributed by atoms with E-state index in [4.69, 9.17) is 5.11 Å². The van der Waals surface area contributed by atoms with E-state index in [0.717, 1.165) is 49.9 Å². The fraction of sp³-hybridized carbons (Fsp3) is 0.588. The Hall–Kier alpha value is -1.55. The normalized spacial score (nSPS) is 15.0. The minimum atomic E-state index is -0.0117. The average Bonchev–Trinajstić information content (AvgIpc) is 2.52. The van der Waals surface area contributed by atoms with Gasteiger partial charge in [-0.05, 0) is 55.4 Å². The van der Waals surface area contributed by atoms with Crippen LogP contribution in [0.5, 0.6) is 0 Å². The largest absolute Gasteiger partial charge is 0.396 e. The van der Waals surface area contributed by atoms with E-state index in [1.54, 1.807) is 0 Å². The molecule has 0 saturated heterocycles. The zero-order valence-electron chi connectivity index (χ0n) is 12.8. The molecule has 1 aliphatic rings. The van der Waals surface area contributed by atoms with E-state index in [2.05, 4.69) is 17.6 Å². The number of hydrogen-bond acceptors (Lipinski definition) is 3. The van der Waals surface area contributed by atoms with Gasteiger partial charge in [0.1, 0.15) is 0 Å². The van der Waals surface area contributed by atoms with Gasteiger partial charge in [-0.1, -0.05) is 13.3 Å². The third kappa shape index (κ3) is 4.46. The number of aliphatic hydroxyl groups excluding tert-OH is 1. The summed E-state index contributed by atoms with van der Waals surface area (Å²) in [4.78, 5) is 12.2. The van der Waals surface area contributed by atoms with Crippen LogP contribution >= 0.6 is 0 Å². The molecule has 1 aromatic rings. The highest BCUT2D eigenvalue weighted by molar-refractivity contribution is 5.95. The number of carbonyl (C=O) groups is 1. The van der Waals surface area contributed by atoms with Crippen LogP contribution in [0, 0.1) is 5.92 Å². The summed E-state index contributed by atoms with van der Waals surface area (Å²) in [6.07, 6.45) is 5.02. The van der Waals surface area contributed by atoms with Gasteiger partial charge in [-0.3, -0.25) is 4.79 Å². The highest BCUT2D eigenvalue weighted by Crippen LogP contribution is 2.22. The molecule has 4 heteroatoms. The first-order chi connectivity index (χ1) is 10.2. The number of benzene rings is 1. The number of carbonyl (C=O) groups excluding carboxylic acids is 1. The summed E-state index contributed by atoms with van der Waals surface area (Å²) in [6, 6.07) is 5.88. The third-order valence-electron chi connectivity index (χ3n) is 4.09. The minimum Gasteiger partial charge on any atom is -0.396 e. The monoisotopic (exact) mass is 290 g/mol. The van der Waals surface area contributed by atoms with Gasteiger partial charge in [0, 0.05) is 30.9 Å². The lowest BCUT2D eigenvalue weighted by Crippen LogP contribution is -2.30. The number of fused-ring (bicyclic) bond motifs is 1. The van der Waals surface area contributed by atoms with Gasteiger partial charge in [-0.15, -0.1) is 0 Å². The molecular weight excluding hydrogens is 264 g/mol. The van der Waals surface area contributed by atoms with Gasteiger partial charge in [-0.25, -0.2) is 0 Å². The zero-order valence-corrected chi connectivity index (χ0v) is 12.8. The Balaban J connectivity index is 1.93. The number of nitrogens with one attached hydrogen (secondary N) is 2. The lowest BCUT2D eigenvalue weighted by Gasteiger charge is -2.19. The highest BCUT2D eigenvalue weighted by atomic mass is 16.3. The molecule has 0 spiro atoms. The van der Waals surface area contributed by atoms with Crippen molar-refractivity contribution in [3.63, 3.8) is 0 Å². The number of aliphatic hydroxyl groups is 1. The molecule has 1 atom stereocenters. The van der Waals surface area contributed by atoms with Gasteiger partial charge in [0.25, 0.3) is 5.91 Å². The van der Waals surface area contributed by atoms with Crippen molar-refractivity contribution in [2.24, 2.45) is 5.92 Å². The molecular formula is C17H26N2O2. The molecule has 1 aliphatic heterocycles. The first-order valence-electron chi connectivity index (χ1n) is 8.00. The number of aryl methyl sites for hydroxylation is 1. The summed E-state index contributed by atoms with van der Waals surface area (Å²) >= 11 is 0. The zero-order chi connectivity index (χ0) is 15.1. The summed E-state index contributed by atoms with van der Waals surface area (Å²) in [6.45, 7) is 3.97. The van der Waals surface area contributed by atoms with Crippen LogP contribution in [0.2, 0.25) is 0 Å². The molecule has 2 rings (SSSR count). The molecule has 0 saturated carbocycles. The topological polar surface area (TPSA) is 61.4 Å². The van der Waals surface area contributed by atoms with Crippen LogP contribution in [-0.2, 0) is 6.42 Å². The van der Waals surface area contributed by atoms with Gasteiger partial charge in [-0.2, -0.15) is 0 Å². The third-order valence-corrected chi connectivity index (χ3v) is 4.09. The van der Waals surface area contributed by atoms with E-state index < -0.39 is 0 Å². The molecule has 1 aromatic carbocycles. The van der Waals surface area contributed by atoms with E-state index in [9.17, 15) is 4.79 Å². The van der Waals surface area contributed by atoms with Crippen molar-refractivity contribution in [1.29, 1.82) is 0 Å². The van der Waals surface area contributed by atoms with Crippen LogP contribution in [0.25, 0.3) is 0 Å². The predicted octanol–water partition coefficient (Wildman–Crippen LogP) is 2.57. The quantitative estimate of drug-likeness (QED) is 0.723. The van der Waals surface area contributed by atoms with Crippen molar-refractivity contribution in [3.05, 3.63) is 29.3 Å². The maximum atomic E-state index is 12.2. The Morgan fingerprint density at radius 1 is 1.43 bits per heavy atom. The Morgan fingerprint density at radius 2 is 2.29 bits per heavy atom. The summed E-state index contributed by atoms with van der Waals surface area (Å²) in [5, 5.41) is 15.4. The number of anilines is 1. The smallest absolute Gasteiger partial charge is 0.251 e. The lowest BCUT2D eigenvalue weighted by atomic mass is 9.99. The number of amides is 1. The van der Waals surface area contributed by atoms with E-state index >= 15 is 0 Å². The minimum absolute atomic E-state index is 0.0117. The van der Waals surface area contributed by atoms with Crippen molar-refractivity contribution in [3.8, 4) is 0 Å². The fourth-order valence-corrected chi connectivity index (χ4v) is 2.89. The maximum Gasteiger partial charge on any atom is 0.251 e. The van der Waals surface area contributed by atoms with Crippen molar-refractivity contribution in [1.82, 2.24) is 5.32 Å². The van der Waals surface area contributed by atoms with Crippen molar-refractivity contribution in [2.75, 3.05) is 25.0 Å².